The van der Waals surface area contributed by atoms with Crippen LogP contribution in [0.25, 0.3) is 10.9 Å². The van der Waals surface area contributed by atoms with E-state index in [4.69, 9.17) is 4.74 Å². The zero-order chi connectivity index (χ0) is 22.1. The Morgan fingerprint density at radius 3 is 2.53 bits per heavy atom. The molecule has 2 aromatic carbocycles. The predicted octanol–water partition coefficient (Wildman–Crippen LogP) is 0.587. The normalized spacial score (nSPS) is 11.6. The summed E-state index contributed by atoms with van der Waals surface area (Å²) in [6, 6.07) is 10.5. The van der Waals surface area contributed by atoms with Crippen LogP contribution in [0.1, 0.15) is 0 Å². The molecule has 0 saturated heterocycles. The van der Waals surface area contributed by atoms with E-state index >= 15 is 0 Å². The van der Waals surface area contributed by atoms with Crippen LogP contribution in [0, 0.1) is 0 Å². The van der Waals surface area contributed by atoms with Gasteiger partial charge in [0.2, 0.25) is 15.9 Å². The molecule has 0 bridgehead atoms. The molecule has 10 nitrogen and oxygen atoms in total. The van der Waals surface area contributed by atoms with Crippen LogP contribution in [0.2, 0.25) is 0 Å². The van der Waals surface area contributed by atoms with Crippen molar-refractivity contribution in [3.63, 3.8) is 0 Å². The number of carbonyl (C=O) groups is 1. The number of aromatic nitrogens is 2. The number of anilines is 1. The first-order chi connectivity index (χ1) is 14.1. The molecule has 158 valence electrons. The molecule has 0 aliphatic rings. The predicted molar refractivity (Wildman–Crippen MR) is 111 cm³/mol. The molecule has 0 aliphatic heterocycles. The third-order valence-corrected chi connectivity index (χ3v) is 6.23. The monoisotopic (exact) mass is 432 g/mol. The van der Waals surface area contributed by atoms with E-state index in [-0.39, 0.29) is 21.7 Å². The summed E-state index contributed by atoms with van der Waals surface area (Å²) in [6.07, 6.45) is 0. The largest absolute Gasteiger partial charge is 0.495 e. The van der Waals surface area contributed by atoms with Gasteiger partial charge in [0.15, 0.2) is 0 Å². The van der Waals surface area contributed by atoms with Crippen molar-refractivity contribution in [3.05, 3.63) is 63.3 Å². The lowest BCUT2D eigenvalue weighted by molar-refractivity contribution is -0.116. The number of methoxy groups -OCH3 is 1. The van der Waals surface area contributed by atoms with Gasteiger partial charge >= 0.3 is 5.69 Å². The highest BCUT2D eigenvalue weighted by atomic mass is 32.2. The number of benzene rings is 2. The first-order valence-corrected chi connectivity index (χ1v) is 10.2. The second-order valence-corrected chi connectivity index (χ2v) is 8.72. The fraction of sp³-hybridized carbons (Fsp3) is 0.211. The molecule has 0 atom stereocenters. The molecule has 0 radical (unpaired) electrons. The van der Waals surface area contributed by atoms with Gasteiger partial charge in [-0.05, 0) is 30.3 Å². The average molecular weight is 432 g/mol. The number of fused-ring (bicyclic) bond motifs is 1. The molecular weight excluding hydrogens is 412 g/mol. The molecule has 0 fully saturated rings. The van der Waals surface area contributed by atoms with Gasteiger partial charge in [0.1, 0.15) is 12.3 Å². The van der Waals surface area contributed by atoms with Crippen molar-refractivity contribution in [3.8, 4) is 5.75 Å². The van der Waals surface area contributed by atoms with Crippen molar-refractivity contribution in [2.75, 3.05) is 26.5 Å². The highest BCUT2D eigenvalue weighted by molar-refractivity contribution is 7.89. The smallest absolute Gasteiger partial charge is 0.329 e. The van der Waals surface area contributed by atoms with Gasteiger partial charge in [0.05, 0.1) is 28.6 Å². The van der Waals surface area contributed by atoms with Crippen LogP contribution < -0.4 is 21.3 Å². The third kappa shape index (κ3) is 3.98. The maximum Gasteiger partial charge on any atom is 0.329 e. The van der Waals surface area contributed by atoms with Crippen molar-refractivity contribution in [2.24, 2.45) is 0 Å². The Morgan fingerprint density at radius 1 is 1.17 bits per heavy atom. The summed E-state index contributed by atoms with van der Waals surface area (Å²) in [4.78, 5) is 39.9. The Labute approximate surface area is 171 Å². The maximum absolute atomic E-state index is 12.6. The third-order valence-electron chi connectivity index (χ3n) is 4.41. The summed E-state index contributed by atoms with van der Waals surface area (Å²) in [7, 11) is 0.395. The Morgan fingerprint density at radius 2 is 1.87 bits per heavy atom. The van der Waals surface area contributed by atoms with Crippen LogP contribution in [-0.4, -0.2) is 49.4 Å². The number of hydrogen-bond donors (Lipinski definition) is 2. The van der Waals surface area contributed by atoms with Crippen LogP contribution in [0.3, 0.4) is 0 Å². The SMILES string of the molecule is COc1ccc(S(=O)(=O)N(C)C)cc1NC(=O)Cn1c(=O)[nH]c2ccccc2c1=O. The van der Waals surface area contributed by atoms with Gasteiger partial charge in [0.25, 0.3) is 5.56 Å². The van der Waals surface area contributed by atoms with E-state index in [9.17, 15) is 22.8 Å². The van der Waals surface area contributed by atoms with E-state index in [2.05, 4.69) is 10.3 Å². The van der Waals surface area contributed by atoms with E-state index in [1.54, 1.807) is 24.3 Å². The first kappa shape index (κ1) is 21.3. The number of aromatic amines is 1. The van der Waals surface area contributed by atoms with Gasteiger partial charge in [-0.1, -0.05) is 12.1 Å². The van der Waals surface area contributed by atoms with Gasteiger partial charge in [-0.15, -0.1) is 0 Å². The lowest BCUT2D eigenvalue weighted by Crippen LogP contribution is -2.38. The highest BCUT2D eigenvalue weighted by Gasteiger charge is 2.20. The van der Waals surface area contributed by atoms with Crippen LogP contribution >= 0.6 is 0 Å². The van der Waals surface area contributed by atoms with E-state index < -0.39 is 33.7 Å². The van der Waals surface area contributed by atoms with Crippen LogP contribution in [0.4, 0.5) is 5.69 Å². The summed E-state index contributed by atoms with van der Waals surface area (Å²) >= 11 is 0. The maximum atomic E-state index is 12.6. The molecular formula is C19H20N4O6S. The van der Waals surface area contributed by atoms with Gasteiger partial charge in [-0.25, -0.2) is 17.5 Å². The summed E-state index contributed by atoms with van der Waals surface area (Å²) in [5, 5.41) is 2.77. The van der Waals surface area contributed by atoms with Crippen LogP contribution in [-0.2, 0) is 21.4 Å². The molecule has 30 heavy (non-hydrogen) atoms. The second kappa shape index (κ2) is 8.13. The number of sulfonamides is 1. The van der Waals surface area contributed by atoms with Crippen molar-refractivity contribution >= 4 is 32.5 Å². The molecule has 11 heteroatoms. The van der Waals surface area contributed by atoms with Crippen LogP contribution in [0.15, 0.2) is 56.9 Å². The van der Waals surface area contributed by atoms with E-state index in [0.29, 0.717) is 5.52 Å². The standard InChI is InChI=1S/C19H20N4O6S/c1-22(2)30(27,28)12-8-9-16(29-3)15(10-12)20-17(24)11-23-18(25)13-6-4-5-7-14(13)21-19(23)26/h4-10H,11H2,1-3H3,(H,20,24)(H,21,26). The first-order valence-electron chi connectivity index (χ1n) is 8.77. The molecule has 0 saturated carbocycles. The van der Waals surface area contributed by atoms with Gasteiger partial charge in [0, 0.05) is 14.1 Å². The molecule has 3 rings (SSSR count). The lowest BCUT2D eigenvalue weighted by atomic mass is 10.2. The molecule has 1 amide bonds. The minimum Gasteiger partial charge on any atom is -0.495 e. The molecule has 1 aromatic heterocycles. The highest BCUT2D eigenvalue weighted by Crippen LogP contribution is 2.28. The Hall–Kier alpha value is -3.44. The molecule has 3 aromatic rings. The van der Waals surface area contributed by atoms with Gasteiger partial charge in [-0.2, -0.15) is 0 Å². The Bertz CT molecular complexity index is 1340. The Kier molecular flexibility index (Phi) is 5.76. The molecule has 1 heterocycles. The van der Waals surface area contributed by atoms with Crippen molar-refractivity contribution in [2.45, 2.75) is 11.4 Å². The number of nitrogens with zero attached hydrogens (tertiary/aromatic N) is 2. The number of nitrogens with one attached hydrogen (secondary N) is 2. The van der Waals surface area contributed by atoms with Crippen molar-refractivity contribution in [1.29, 1.82) is 0 Å². The summed E-state index contributed by atoms with van der Waals surface area (Å²) in [5.74, 6) is -0.476. The van der Waals surface area contributed by atoms with E-state index in [1.165, 1.54) is 39.4 Å². The zero-order valence-electron chi connectivity index (χ0n) is 16.5. The number of para-hydroxylation sites is 1. The number of H-pyrrole nitrogens is 1. The number of rotatable bonds is 6. The van der Waals surface area contributed by atoms with E-state index in [0.717, 1.165) is 8.87 Å². The number of carbonyl (C=O) groups excluding carboxylic acids is 1. The topological polar surface area (TPSA) is 131 Å². The molecule has 0 aliphatic carbocycles. The van der Waals surface area contributed by atoms with Crippen molar-refractivity contribution in [1.82, 2.24) is 13.9 Å². The summed E-state index contributed by atoms with van der Waals surface area (Å²) < 4.78 is 31.7. The zero-order valence-corrected chi connectivity index (χ0v) is 17.3. The fourth-order valence-electron chi connectivity index (χ4n) is 2.83. The number of ether oxygens (including phenoxy) is 1. The summed E-state index contributed by atoms with van der Waals surface area (Å²) in [5.41, 5.74) is -0.881. The van der Waals surface area contributed by atoms with Gasteiger partial charge < -0.3 is 15.0 Å². The second-order valence-electron chi connectivity index (χ2n) is 6.56. The Balaban J connectivity index is 1.95. The quantitative estimate of drug-likeness (QED) is 0.586. The summed E-state index contributed by atoms with van der Waals surface area (Å²) in [6.45, 7) is -0.563. The number of hydrogen-bond acceptors (Lipinski definition) is 6. The molecule has 0 unspecified atom stereocenters. The van der Waals surface area contributed by atoms with Gasteiger partial charge in [-0.3, -0.25) is 14.2 Å². The minimum atomic E-state index is -3.74. The fourth-order valence-corrected chi connectivity index (χ4v) is 3.76. The number of amides is 1. The van der Waals surface area contributed by atoms with E-state index in [1.807, 2.05) is 0 Å². The minimum absolute atomic E-state index is 0.0516. The molecule has 0 spiro atoms. The molecule has 2 N–H and O–H groups in total. The van der Waals surface area contributed by atoms with Crippen LogP contribution in [0.5, 0.6) is 5.75 Å². The average Bonchev–Trinajstić information content (AvgIpc) is 2.71. The lowest BCUT2D eigenvalue weighted by Gasteiger charge is -2.15. The van der Waals surface area contributed by atoms with Crippen molar-refractivity contribution < 1.29 is 17.9 Å².